The van der Waals surface area contributed by atoms with E-state index < -0.39 is 18.2 Å². The Kier molecular flexibility index (Phi) is 33.7. The summed E-state index contributed by atoms with van der Waals surface area (Å²) in [6.45, 7) is 20.2. The normalized spacial score (nSPS) is 7.33. The van der Waals surface area contributed by atoms with E-state index in [9.17, 15) is 26.3 Å². The Bertz CT molecular complexity index is 293. The second-order valence-electron chi connectivity index (χ2n) is 4.86. The molecule has 0 aliphatic heterocycles. The lowest BCUT2D eigenvalue weighted by Crippen LogP contribution is -1.66. The first-order valence-corrected chi connectivity index (χ1v) is 7.24. The summed E-state index contributed by atoms with van der Waals surface area (Å²) >= 11 is 0. The summed E-state index contributed by atoms with van der Waals surface area (Å²) in [6.07, 6.45) is -4.98. The standard InChI is InChI=1S/C6H12.2C4H6F2.C2H2F2.C2H6/c1-5(2)6(3)4;2*1-3(2)4(5)6;1-2(3)4;1-2/h1-4H3;2*1-2H3;1H2;1-2H3. The molecule has 0 aromatic carbocycles. The highest BCUT2D eigenvalue weighted by Gasteiger charge is 1.87. The van der Waals surface area contributed by atoms with E-state index in [4.69, 9.17) is 0 Å². The SMILES string of the molecule is C=C(F)F.CC.CC(C)=C(C)C.CC(C)=C(F)F.CC(C)=C(F)F. The van der Waals surface area contributed by atoms with E-state index in [0.717, 1.165) is 0 Å². The van der Waals surface area contributed by atoms with Gasteiger partial charge in [-0.3, -0.25) is 0 Å². The van der Waals surface area contributed by atoms with Crippen molar-refractivity contribution in [3.63, 3.8) is 0 Å². The summed E-state index contributed by atoms with van der Waals surface area (Å²) in [5.41, 5.74) is 3.04. The third-order valence-corrected chi connectivity index (χ3v) is 1.76. The van der Waals surface area contributed by atoms with E-state index in [0.29, 0.717) is 0 Å². The van der Waals surface area contributed by atoms with Crippen LogP contribution in [0.25, 0.3) is 0 Å². The zero-order chi connectivity index (χ0) is 21.0. The van der Waals surface area contributed by atoms with Crippen molar-refractivity contribution >= 4 is 0 Å². The molecule has 0 spiro atoms. The maximum absolute atomic E-state index is 11.0. The number of allylic oxidation sites excluding steroid dienone is 4. The Hall–Kier alpha value is -1.46. The molecule has 0 amide bonds. The number of hydrogen-bond acceptors (Lipinski definition) is 0. The van der Waals surface area contributed by atoms with Crippen LogP contribution in [-0.4, -0.2) is 0 Å². The van der Waals surface area contributed by atoms with Crippen molar-refractivity contribution in [2.75, 3.05) is 0 Å². The van der Waals surface area contributed by atoms with E-state index >= 15 is 0 Å². The average Bonchev–Trinajstić information content (AvgIpc) is 2.41. The second-order valence-corrected chi connectivity index (χ2v) is 4.86. The molecule has 0 saturated heterocycles. The molecule has 0 N–H and O–H groups in total. The Morgan fingerprint density at radius 2 is 0.542 bits per heavy atom. The fourth-order valence-electron chi connectivity index (χ4n) is 0. The van der Waals surface area contributed by atoms with Crippen LogP contribution >= 0.6 is 0 Å². The summed E-state index contributed by atoms with van der Waals surface area (Å²) in [6, 6.07) is 0. The van der Waals surface area contributed by atoms with Gasteiger partial charge in [-0.05, 0) is 73.1 Å². The Morgan fingerprint density at radius 1 is 0.458 bits per heavy atom. The van der Waals surface area contributed by atoms with Crippen LogP contribution in [0.3, 0.4) is 0 Å². The zero-order valence-corrected chi connectivity index (χ0v) is 16.5. The fraction of sp³-hybridized carbons (Fsp3) is 0.556. The summed E-state index contributed by atoms with van der Waals surface area (Å²) in [4.78, 5) is 0. The van der Waals surface area contributed by atoms with Gasteiger partial charge in [-0.25, -0.2) is 0 Å². The van der Waals surface area contributed by atoms with Gasteiger partial charge in [0.05, 0.1) is 0 Å². The molecule has 6 heteroatoms. The van der Waals surface area contributed by atoms with Crippen LogP contribution in [0.1, 0.15) is 69.2 Å². The molecule has 24 heavy (non-hydrogen) atoms. The summed E-state index contributed by atoms with van der Waals surface area (Å²) < 4.78 is 64.4. The highest BCUT2D eigenvalue weighted by Crippen LogP contribution is 2.03. The first kappa shape index (κ1) is 34.0. The van der Waals surface area contributed by atoms with Crippen molar-refractivity contribution in [2.24, 2.45) is 0 Å². The zero-order valence-electron chi connectivity index (χ0n) is 16.5. The van der Waals surface area contributed by atoms with Crippen LogP contribution in [0, 0.1) is 0 Å². The van der Waals surface area contributed by atoms with Gasteiger partial charge < -0.3 is 0 Å². The molecule has 0 unspecified atom stereocenters. The molecule has 146 valence electrons. The monoisotopic (exact) mass is 362 g/mol. The predicted molar refractivity (Wildman–Crippen MR) is 93.6 cm³/mol. The van der Waals surface area contributed by atoms with Crippen LogP contribution < -0.4 is 0 Å². The van der Waals surface area contributed by atoms with Gasteiger partial charge in [0.1, 0.15) is 0 Å². The fourth-order valence-corrected chi connectivity index (χ4v) is 0. The smallest absolute Gasteiger partial charge is 0.174 e. The summed E-state index contributed by atoms with van der Waals surface area (Å²) in [5.74, 6) is 0. The van der Waals surface area contributed by atoms with E-state index in [1.807, 2.05) is 13.8 Å². The number of rotatable bonds is 0. The minimum absolute atomic E-state index is 0.0926. The maximum atomic E-state index is 11.0. The Balaban J connectivity index is -0.0000000652. The van der Waals surface area contributed by atoms with E-state index in [2.05, 4.69) is 34.3 Å². The van der Waals surface area contributed by atoms with Crippen molar-refractivity contribution in [2.45, 2.75) is 69.2 Å². The Morgan fingerprint density at radius 3 is 0.542 bits per heavy atom. The molecule has 0 bridgehead atoms. The minimum atomic E-state index is -1.83. The number of hydrogen-bond donors (Lipinski definition) is 0. The van der Waals surface area contributed by atoms with Crippen molar-refractivity contribution in [3.05, 3.63) is 47.1 Å². The van der Waals surface area contributed by atoms with Crippen molar-refractivity contribution in [1.29, 1.82) is 0 Å². The lowest BCUT2D eigenvalue weighted by atomic mass is 10.2. The molecule has 0 nitrogen and oxygen atoms in total. The van der Waals surface area contributed by atoms with E-state index in [-0.39, 0.29) is 11.1 Å². The molecular weight excluding hydrogens is 330 g/mol. The lowest BCUT2D eigenvalue weighted by Gasteiger charge is -1.88. The van der Waals surface area contributed by atoms with E-state index in [1.165, 1.54) is 38.8 Å². The second kappa shape index (κ2) is 23.8. The topological polar surface area (TPSA) is 0 Å². The Labute approximate surface area is 143 Å². The minimum Gasteiger partial charge on any atom is -0.174 e. The highest BCUT2D eigenvalue weighted by molar-refractivity contribution is 5.02. The van der Waals surface area contributed by atoms with Gasteiger partial charge in [-0.2, -0.15) is 26.3 Å². The predicted octanol–water partition coefficient (Wildman–Crippen LogP) is 9.14. The maximum Gasteiger partial charge on any atom is 0.268 e. The van der Waals surface area contributed by atoms with Crippen molar-refractivity contribution < 1.29 is 26.3 Å². The van der Waals surface area contributed by atoms with Crippen LogP contribution in [0.15, 0.2) is 47.1 Å². The van der Waals surface area contributed by atoms with Crippen molar-refractivity contribution in [1.82, 2.24) is 0 Å². The van der Waals surface area contributed by atoms with E-state index in [1.54, 1.807) is 0 Å². The van der Waals surface area contributed by atoms with Crippen molar-refractivity contribution in [3.8, 4) is 0 Å². The van der Waals surface area contributed by atoms with Gasteiger partial charge in [0.15, 0.2) is 0 Å². The van der Waals surface area contributed by atoms with Crippen LogP contribution in [0.4, 0.5) is 26.3 Å². The van der Waals surface area contributed by atoms with Gasteiger partial charge in [0, 0.05) is 0 Å². The van der Waals surface area contributed by atoms with Gasteiger partial charge >= 0.3 is 0 Å². The molecule has 0 saturated carbocycles. The highest BCUT2D eigenvalue weighted by atomic mass is 19.3. The summed E-state index contributed by atoms with van der Waals surface area (Å²) in [7, 11) is 0. The lowest BCUT2D eigenvalue weighted by molar-refractivity contribution is 0.411. The molecule has 0 rings (SSSR count). The molecule has 0 heterocycles. The van der Waals surface area contributed by atoms with Crippen LogP contribution in [0.2, 0.25) is 0 Å². The first-order valence-electron chi connectivity index (χ1n) is 7.24. The summed E-state index contributed by atoms with van der Waals surface area (Å²) in [5, 5.41) is 0. The molecular formula is C18H32F6. The largest absolute Gasteiger partial charge is 0.268 e. The van der Waals surface area contributed by atoms with Gasteiger partial charge in [-0.15, -0.1) is 0 Å². The first-order chi connectivity index (χ1) is 10.7. The molecule has 0 aromatic rings. The molecule has 0 fully saturated rings. The third kappa shape index (κ3) is 70.6. The number of halogens is 6. The quantitative estimate of drug-likeness (QED) is 0.298. The molecule has 0 aliphatic rings. The van der Waals surface area contributed by atoms with Crippen LogP contribution in [-0.2, 0) is 0 Å². The average molecular weight is 362 g/mol. The van der Waals surface area contributed by atoms with Gasteiger partial charge in [0.25, 0.3) is 18.2 Å². The molecule has 0 aromatic heterocycles. The van der Waals surface area contributed by atoms with Gasteiger partial charge in [-0.1, -0.05) is 25.0 Å². The van der Waals surface area contributed by atoms with Crippen LogP contribution in [0.5, 0.6) is 0 Å². The third-order valence-electron chi connectivity index (χ3n) is 1.76. The molecule has 0 atom stereocenters. The molecule has 0 aliphatic carbocycles. The molecule has 0 radical (unpaired) electrons. The van der Waals surface area contributed by atoms with Gasteiger partial charge in [0.2, 0.25) is 0 Å².